The molecule has 0 fully saturated rings. The fourth-order valence-electron chi connectivity index (χ4n) is 1.99. The number of carbonyl (C=O) groups is 2. The molecule has 0 spiro atoms. The fourth-order valence-corrected chi connectivity index (χ4v) is 3.03. The summed E-state index contributed by atoms with van der Waals surface area (Å²) in [7, 11) is 0. The summed E-state index contributed by atoms with van der Waals surface area (Å²) in [5, 5.41) is 8.91. The van der Waals surface area contributed by atoms with Gasteiger partial charge in [-0.3, -0.25) is 9.59 Å². The lowest BCUT2D eigenvalue weighted by atomic mass is 9.95. The number of nitrogens with one attached hydrogen (secondary N) is 1. The van der Waals surface area contributed by atoms with Crippen LogP contribution in [0.2, 0.25) is 0 Å². The Balaban J connectivity index is 2.30. The number of nitrogens with zero attached hydrogens (tertiary/aromatic N) is 2. The van der Waals surface area contributed by atoms with E-state index in [9.17, 15) is 9.59 Å². The number of benzene rings is 1. The molecule has 1 N–H and O–H groups in total. The van der Waals surface area contributed by atoms with Gasteiger partial charge in [-0.2, -0.15) is 0 Å². The minimum Gasteiger partial charge on any atom is -0.303 e. The normalized spacial score (nSPS) is 18.3. The van der Waals surface area contributed by atoms with Crippen LogP contribution in [0.1, 0.15) is 52.5 Å². The van der Waals surface area contributed by atoms with Crippen molar-refractivity contribution < 1.29 is 9.59 Å². The summed E-state index contributed by atoms with van der Waals surface area (Å²) in [5.41, 5.74) is -0.100. The Kier molecular flexibility index (Phi) is 5.08. The summed E-state index contributed by atoms with van der Waals surface area (Å²) in [4.78, 5) is 25.0. The molecule has 1 atom stereocenters. The first-order valence-electron chi connectivity index (χ1n) is 7.95. The zero-order valence-electron chi connectivity index (χ0n) is 15.1. The summed E-state index contributed by atoms with van der Waals surface area (Å²) in [6, 6.07) is 9.72. The van der Waals surface area contributed by atoms with Crippen molar-refractivity contribution in [3.63, 3.8) is 0 Å². The average Bonchev–Trinajstić information content (AvgIpc) is 2.89. The van der Waals surface area contributed by atoms with Crippen LogP contribution in [0.25, 0.3) is 0 Å². The predicted octanol–water partition coefficient (Wildman–Crippen LogP) is 3.74. The van der Waals surface area contributed by atoms with E-state index >= 15 is 0 Å². The molecule has 2 amide bonds. The molecule has 24 heavy (non-hydrogen) atoms. The van der Waals surface area contributed by atoms with Crippen LogP contribution in [0.4, 0.5) is 0 Å². The fraction of sp³-hybridized carbons (Fsp3) is 0.500. The van der Waals surface area contributed by atoms with E-state index in [0.717, 1.165) is 5.56 Å². The zero-order chi connectivity index (χ0) is 18.1. The van der Waals surface area contributed by atoms with Crippen molar-refractivity contribution in [1.82, 2.24) is 10.3 Å². The topological polar surface area (TPSA) is 61.8 Å². The molecule has 0 radical (unpaired) electrons. The lowest BCUT2D eigenvalue weighted by Crippen LogP contribution is -2.37. The third-order valence-electron chi connectivity index (χ3n) is 3.48. The molecule has 2 rings (SSSR count). The Hall–Kier alpha value is -1.82. The van der Waals surface area contributed by atoms with Gasteiger partial charge in [-0.05, 0) is 5.56 Å². The van der Waals surface area contributed by atoms with Crippen LogP contribution in [0, 0.1) is 10.8 Å². The van der Waals surface area contributed by atoms with Gasteiger partial charge >= 0.3 is 0 Å². The van der Waals surface area contributed by atoms with E-state index in [-0.39, 0.29) is 17.2 Å². The number of hydrazone groups is 1. The summed E-state index contributed by atoms with van der Waals surface area (Å²) in [6.45, 7) is 11.1. The Labute approximate surface area is 147 Å². The quantitative estimate of drug-likeness (QED) is 0.842. The molecule has 1 aliphatic rings. The van der Waals surface area contributed by atoms with E-state index in [4.69, 9.17) is 0 Å². The van der Waals surface area contributed by atoms with Gasteiger partial charge in [-0.15, -0.1) is 5.10 Å². The Morgan fingerprint density at radius 1 is 1.04 bits per heavy atom. The Morgan fingerprint density at radius 2 is 1.62 bits per heavy atom. The molecule has 0 saturated carbocycles. The van der Waals surface area contributed by atoms with E-state index in [1.165, 1.54) is 16.8 Å². The number of amidine groups is 1. The van der Waals surface area contributed by atoms with E-state index < -0.39 is 10.8 Å². The van der Waals surface area contributed by atoms with E-state index in [0.29, 0.717) is 5.17 Å². The second kappa shape index (κ2) is 6.59. The van der Waals surface area contributed by atoms with Crippen molar-refractivity contribution in [1.29, 1.82) is 0 Å². The van der Waals surface area contributed by atoms with Gasteiger partial charge in [-0.1, -0.05) is 83.6 Å². The van der Waals surface area contributed by atoms with Gasteiger partial charge in [-0.25, -0.2) is 5.01 Å². The maximum Gasteiger partial charge on any atom is 0.249 e. The van der Waals surface area contributed by atoms with Crippen LogP contribution in [-0.4, -0.2) is 22.0 Å². The first-order chi connectivity index (χ1) is 11.0. The average molecular weight is 347 g/mol. The minimum atomic E-state index is -0.555. The van der Waals surface area contributed by atoms with E-state index in [1.54, 1.807) is 0 Å². The van der Waals surface area contributed by atoms with Gasteiger partial charge in [0.1, 0.15) is 5.37 Å². The van der Waals surface area contributed by atoms with E-state index in [2.05, 4.69) is 10.4 Å². The molecule has 1 aliphatic heterocycles. The number of amides is 2. The summed E-state index contributed by atoms with van der Waals surface area (Å²) in [6.07, 6.45) is 0. The highest BCUT2D eigenvalue weighted by Gasteiger charge is 2.39. The molecule has 0 unspecified atom stereocenters. The largest absolute Gasteiger partial charge is 0.303 e. The Bertz CT molecular complexity index is 657. The van der Waals surface area contributed by atoms with Gasteiger partial charge in [0.2, 0.25) is 11.8 Å². The van der Waals surface area contributed by atoms with Gasteiger partial charge in [0.25, 0.3) is 0 Å². The SMILES string of the molecule is CC(C)(C)C(=O)NC1=NN(C(=O)C(C)(C)C)[C@@H](c2ccccc2)S1. The van der Waals surface area contributed by atoms with Gasteiger partial charge in [0.05, 0.1) is 0 Å². The van der Waals surface area contributed by atoms with Crippen LogP contribution >= 0.6 is 11.8 Å². The lowest BCUT2D eigenvalue weighted by molar-refractivity contribution is -0.140. The maximum atomic E-state index is 12.8. The van der Waals surface area contributed by atoms with Crippen LogP contribution in [0.5, 0.6) is 0 Å². The summed E-state index contributed by atoms with van der Waals surface area (Å²) < 4.78 is 0. The molecular formula is C18H25N3O2S. The van der Waals surface area contributed by atoms with Crippen molar-refractivity contribution in [3.8, 4) is 0 Å². The first-order valence-corrected chi connectivity index (χ1v) is 8.83. The minimum absolute atomic E-state index is 0.0798. The van der Waals surface area contributed by atoms with Crippen LogP contribution in [0.3, 0.4) is 0 Å². The molecule has 1 aromatic rings. The highest BCUT2D eigenvalue weighted by molar-refractivity contribution is 8.14. The molecular weight excluding hydrogens is 322 g/mol. The number of hydrogen-bond donors (Lipinski definition) is 1. The highest BCUT2D eigenvalue weighted by Crippen LogP contribution is 2.40. The number of rotatable bonds is 1. The van der Waals surface area contributed by atoms with Crippen molar-refractivity contribution >= 4 is 28.7 Å². The summed E-state index contributed by atoms with van der Waals surface area (Å²) in [5.74, 6) is -0.200. The van der Waals surface area contributed by atoms with Crippen molar-refractivity contribution in [3.05, 3.63) is 35.9 Å². The van der Waals surface area contributed by atoms with Crippen molar-refractivity contribution in [2.75, 3.05) is 0 Å². The molecule has 6 heteroatoms. The molecule has 0 saturated heterocycles. The van der Waals surface area contributed by atoms with Crippen molar-refractivity contribution in [2.45, 2.75) is 46.9 Å². The lowest BCUT2D eigenvalue weighted by Gasteiger charge is -2.27. The zero-order valence-corrected chi connectivity index (χ0v) is 15.9. The maximum absolute atomic E-state index is 12.8. The molecule has 0 bridgehead atoms. The second-order valence-corrected chi connectivity index (χ2v) is 8.96. The first kappa shape index (κ1) is 18.5. The standard InChI is InChI=1S/C18H25N3O2S/c1-17(2,3)14(22)19-16-20-21(15(23)18(4,5)6)13(24-16)12-10-8-7-9-11-12/h7-11,13H,1-6H3,(H,19,20,22)/t13-/m1/s1. The number of hydrogen-bond acceptors (Lipinski definition) is 4. The van der Waals surface area contributed by atoms with E-state index in [1.807, 2.05) is 71.9 Å². The van der Waals surface area contributed by atoms with Crippen LogP contribution in [-0.2, 0) is 9.59 Å². The third kappa shape index (κ3) is 4.17. The molecule has 5 nitrogen and oxygen atoms in total. The molecule has 0 aliphatic carbocycles. The second-order valence-electron chi connectivity index (χ2n) is 7.89. The molecule has 1 aromatic carbocycles. The van der Waals surface area contributed by atoms with Crippen LogP contribution < -0.4 is 5.32 Å². The monoisotopic (exact) mass is 347 g/mol. The molecule has 1 heterocycles. The predicted molar refractivity (Wildman–Crippen MR) is 98.1 cm³/mol. The number of thioether (sulfide) groups is 1. The van der Waals surface area contributed by atoms with Gasteiger partial charge in [0.15, 0.2) is 5.17 Å². The van der Waals surface area contributed by atoms with Gasteiger partial charge < -0.3 is 5.32 Å². The number of carbonyl (C=O) groups excluding carboxylic acids is 2. The highest BCUT2D eigenvalue weighted by atomic mass is 32.2. The summed E-state index contributed by atoms with van der Waals surface area (Å²) >= 11 is 1.38. The van der Waals surface area contributed by atoms with Crippen LogP contribution in [0.15, 0.2) is 35.4 Å². The van der Waals surface area contributed by atoms with Gasteiger partial charge in [0, 0.05) is 10.8 Å². The molecule has 130 valence electrons. The Morgan fingerprint density at radius 3 is 2.12 bits per heavy atom. The smallest absolute Gasteiger partial charge is 0.249 e. The van der Waals surface area contributed by atoms with Crippen molar-refractivity contribution in [2.24, 2.45) is 15.9 Å². The third-order valence-corrected chi connectivity index (χ3v) is 4.58. The molecule has 0 aromatic heterocycles.